The lowest BCUT2D eigenvalue weighted by Crippen LogP contribution is -2.37. The van der Waals surface area contributed by atoms with Crippen molar-refractivity contribution in [3.8, 4) is 11.9 Å². The maximum Gasteiger partial charge on any atom is 0.231 e. The first-order chi connectivity index (χ1) is 17.7. The molecule has 1 aromatic heterocycles. The van der Waals surface area contributed by atoms with Gasteiger partial charge < -0.3 is 28.7 Å². The second-order valence-electron chi connectivity index (χ2n) is 9.15. The van der Waals surface area contributed by atoms with Gasteiger partial charge in [-0.1, -0.05) is 6.08 Å². The monoisotopic (exact) mass is 490 g/mol. The zero-order valence-electron chi connectivity index (χ0n) is 20.4. The van der Waals surface area contributed by atoms with E-state index in [1.165, 1.54) is 7.11 Å². The molecule has 0 radical (unpaired) electrons. The number of nitrogens with zero attached hydrogens (tertiary/aromatic N) is 4. The van der Waals surface area contributed by atoms with Gasteiger partial charge in [0.2, 0.25) is 11.8 Å². The van der Waals surface area contributed by atoms with Gasteiger partial charge in [0.25, 0.3) is 0 Å². The number of hydrogen-bond donors (Lipinski definition) is 0. The predicted octanol–water partition coefficient (Wildman–Crippen LogP) is 3.76. The van der Waals surface area contributed by atoms with Gasteiger partial charge in [-0.05, 0) is 37.8 Å². The number of likely N-dealkylation sites (tertiary alicyclic amines) is 1. The van der Waals surface area contributed by atoms with Crippen molar-refractivity contribution >= 4 is 11.6 Å². The molecule has 0 saturated carbocycles. The summed E-state index contributed by atoms with van der Waals surface area (Å²) < 4.78 is 22.9. The highest BCUT2D eigenvalue weighted by atomic mass is 16.5. The molecule has 9 nitrogen and oxygen atoms in total. The first-order valence-corrected chi connectivity index (χ1v) is 12.4. The molecule has 36 heavy (non-hydrogen) atoms. The normalized spacial score (nSPS) is 22.2. The topological polar surface area (TPSA) is 97.2 Å². The summed E-state index contributed by atoms with van der Waals surface area (Å²) in [5.74, 6) is 2.04. The first-order valence-electron chi connectivity index (χ1n) is 12.4. The van der Waals surface area contributed by atoms with Crippen LogP contribution >= 0.6 is 0 Å². The molecule has 5 rings (SSSR count). The summed E-state index contributed by atoms with van der Waals surface area (Å²) in [5.41, 5.74) is 2.05. The lowest BCUT2D eigenvalue weighted by molar-refractivity contribution is -0.137. The Morgan fingerprint density at radius 2 is 2.14 bits per heavy atom. The van der Waals surface area contributed by atoms with E-state index in [1.807, 2.05) is 22.1 Å². The molecule has 0 N–H and O–H groups in total. The summed E-state index contributed by atoms with van der Waals surface area (Å²) in [6.07, 6.45) is 15.0. The average Bonchev–Trinajstić information content (AvgIpc) is 3.41. The van der Waals surface area contributed by atoms with E-state index >= 15 is 0 Å². The molecule has 188 valence electrons. The van der Waals surface area contributed by atoms with Crippen LogP contribution in [0.25, 0.3) is 0 Å². The van der Waals surface area contributed by atoms with E-state index in [9.17, 15) is 10.1 Å². The van der Waals surface area contributed by atoms with Gasteiger partial charge in [-0.3, -0.25) is 4.79 Å². The second-order valence-corrected chi connectivity index (χ2v) is 9.15. The van der Waals surface area contributed by atoms with E-state index in [-0.39, 0.29) is 17.9 Å². The van der Waals surface area contributed by atoms with Gasteiger partial charge in [0.05, 0.1) is 31.7 Å². The number of amides is 1. The third kappa shape index (κ3) is 5.09. The highest BCUT2D eigenvalue weighted by molar-refractivity contribution is 5.79. The molecule has 1 aromatic rings. The van der Waals surface area contributed by atoms with Gasteiger partial charge in [0, 0.05) is 43.9 Å². The molecule has 9 heteroatoms. The fourth-order valence-corrected chi connectivity index (χ4v) is 4.91. The number of nitriles is 1. The van der Waals surface area contributed by atoms with Crippen molar-refractivity contribution in [2.24, 2.45) is 5.92 Å². The molecule has 4 aliphatic rings. The molecule has 0 spiro atoms. The number of aromatic nitrogens is 1. The number of allylic oxidation sites excluding steroid dienone is 3. The van der Waals surface area contributed by atoms with Gasteiger partial charge >= 0.3 is 0 Å². The summed E-state index contributed by atoms with van der Waals surface area (Å²) in [6, 6.07) is 3.84. The van der Waals surface area contributed by atoms with Gasteiger partial charge in [0.15, 0.2) is 0 Å². The van der Waals surface area contributed by atoms with E-state index in [4.69, 9.17) is 18.9 Å². The highest BCUT2D eigenvalue weighted by Crippen LogP contribution is 2.33. The van der Waals surface area contributed by atoms with Crippen molar-refractivity contribution in [1.29, 1.82) is 5.26 Å². The number of methoxy groups -OCH3 is 1. The van der Waals surface area contributed by atoms with Crippen LogP contribution in [0.2, 0.25) is 0 Å². The molecule has 0 unspecified atom stereocenters. The lowest BCUT2D eigenvalue weighted by atomic mass is 9.99. The van der Waals surface area contributed by atoms with Crippen LogP contribution < -0.4 is 9.64 Å². The summed E-state index contributed by atoms with van der Waals surface area (Å²) in [4.78, 5) is 21.0. The summed E-state index contributed by atoms with van der Waals surface area (Å²) >= 11 is 0. The van der Waals surface area contributed by atoms with E-state index in [2.05, 4.69) is 17.1 Å². The van der Waals surface area contributed by atoms with Crippen LogP contribution in [0.4, 0.5) is 5.69 Å². The Bertz CT molecular complexity index is 1160. The highest BCUT2D eigenvalue weighted by Gasteiger charge is 2.33. The molecule has 2 saturated heterocycles. The van der Waals surface area contributed by atoms with Crippen LogP contribution in [0, 0.1) is 17.2 Å². The number of anilines is 1. The fraction of sp³-hybridized carbons (Fsp3) is 0.444. The largest absolute Gasteiger partial charge is 0.488 e. The van der Waals surface area contributed by atoms with Crippen molar-refractivity contribution in [2.75, 3.05) is 38.3 Å². The molecule has 0 bridgehead atoms. The van der Waals surface area contributed by atoms with E-state index in [1.54, 1.807) is 24.7 Å². The minimum absolute atomic E-state index is 0.0543. The number of carbonyl (C=O) groups excluding carboxylic acids is 1. The number of hydrogen-bond acceptors (Lipinski definition) is 8. The average molecular weight is 491 g/mol. The third-order valence-corrected chi connectivity index (χ3v) is 6.87. The van der Waals surface area contributed by atoms with E-state index < -0.39 is 0 Å². The van der Waals surface area contributed by atoms with Gasteiger partial charge in [-0.15, -0.1) is 0 Å². The number of pyridine rings is 1. The Kier molecular flexibility index (Phi) is 7.23. The quantitative estimate of drug-likeness (QED) is 0.595. The Morgan fingerprint density at radius 3 is 2.94 bits per heavy atom. The molecule has 1 amide bonds. The van der Waals surface area contributed by atoms with Crippen LogP contribution in [0.15, 0.2) is 60.2 Å². The number of rotatable bonds is 6. The summed E-state index contributed by atoms with van der Waals surface area (Å²) in [7, 11) is 1.49. The predicted molar refractivity (Wildman–Crippen MR) is 131 cm³/mol. The summed E-state index contributed by atoms with van der Waals surface area (Å²) in [6.45, 7) is 2.64. The minimum Gasteiger partial charge on any atom is -0.488 e. The van der Waals surface area contributed by atoms with Crippen molar-refractivity contribution in [2.45, 2.75) is 38.2 Å². The molecule has 1 aliphatic carbocycles. The van der Waals surface area contributed by atoms with Gasteiger partial charge in [-0.25, -0.2) is 4.98 Å². The SMILES string of the molecule is COc1ncc(N2C=COC(C3=C(O[C@@H]4CCN(C(=O)C5CCOCC5)C4)C=CCC3)=C2)cc1C#N. The van der Waals surface area contributed by atoms with Crippen molar-refractivity contribution in [3.63, 3.8) is 0 Å². The first kappa shape index (κ1) is 23.9. The standard InChI is InChI=1S/C27H30N4O5/c1-33-26-20(15-28)14-21(16-29-26)30-10-13-35-25(18-30)23-4-2-3-5-24(23)36-22-6-9-31(17-22)27(32)19-7-11-34-12-8-19/h3,5,10,13-14,16,18-19,22H,2,4,6-9,11-12,17H2,1H3/t22-/m1/s1. The van der Waals surface area contributed by atoms with Crippen LogP contribution in [-0.4, -0.2) is 55.3 Å². The summed E-state index contributed by atoms with van der Waals surface area (Å²) in [5, 5.41) is 9.42. The Morgan fingerprint density at radius 1 is 1.28 bits per heavy atom. The fourth-order valence-electron chi connectivity index (χ4n) is 4.91. The van der Waals surface area contributed by atoms with Crippen LogP contribution in [0.5, 0.6) is 5.88 Å². The third-order valence-electron chi connectivity index (χ3n) is 6.87. The Labute approximate surface area is 210 Å². The van der Waals surface area contributed by atoms with Crippen molar-refractivity contribution < 1.29 is 23.7 Å². The van der Waals surface area contributed by atoms with Gasteiger partial charge in [0.1, 0.15) is 35.5 Å². The van der Waals surface area contributed by atoms with Crippen molar-refractivity contribution in [3.05, 3.63) is 65.7 Å². The van der Waals surface area contributed by atoms with E-state index in [0.717, 1.165) is 49.1 Å². The van der Waals surface area contributed by atoms with Crippen LogP contribution in [0.1, 0.15) is 37.7 Å². The molecule has 2 fully saturated rings. The number of carbonyl (C=O) groups is 1. The Hall–Kier alpha value is -3.77. The minimum atomic E-state index is -0.0543. The smallest absolute Gasteiger partial charge is 0.231 e. The van der Waals surface area contributed by atoms with Crippen LogP contribution in [0.3, 0.4) is 0 Å². The van der Waals surface area contributed by atoms with Gasteiger partial charge in [-0.2, -0.15) is 5.26 Å². The lowest BCUT2D eigenvalue weighted by Gasteiger charge is -2.27. The molecular formula is C27H30N4O5. The van der Waals surface area contributed by atoms with E-state index in [0.29, 0.717) is 43.5 Å². The molecular weight excluding hydrogens is 460 g/mol. The number of ether oxygens (including phenoxy) is 4. The molecule has 3 aliphatic heterocycles. The zero-order valence-corrected chi connectivity index (χ0v) is 20.4. The maximum atomic E-state index is 12.9. The van der Waals surface area contributed by atoms with Crippen LogP contribution in [-0.2, 0) is 19.0 Å². The maximum absolute atomic E-state index is 12.9. The Balaban J connectivity index is 1.31. The molecule has 4 heterocycles. The molecule has 0 aromatic carbocycles. The second kappa shape index (κ2) is 10.9. The zero-order chi connectivity index (χ0) is 24.9. The molecule has 1 atom stereocenters. The van der Waals surface area contributed by atoms with Crippen molar-refractivity contribution in [1.82, 2.24) is 9.88 Å².